The Balaban J connectivity index is -0.00000000800. The maximum absolute atomic E-state index is 8.88. The largest absolute Gasteiger partial charge is 0.466 e. The second kappa shape index (κ2) is 16.2. The fourth-order valence-electron chi connectivity index (χ4n) is 0. The van der Waals surface area contributed by atoms with Crippen molar-refractivity contribution >= 4 is 7.82 Å². The summed E-state index contributed by atoms with van der Waals surface area (Å²) in [6.45, 7) is 0. The zero-order chi connectivity index (χ0) is 4.50. The monoisotopic (exact) mass is 233 g/mol. The van der Waals surface area contributed by atoms with E-state index in [2.05, 4.69) is 0 Å². The maximum Gasteiger partial charge on any atom is 0.466 e. The van der Waals surface area contributed by atoms with Gasteiger partial charge in [0.25, 0.3) is 0 Å². The molecule has 0 spiro atoms. The normalized spacial score (nSPS) is 5.90. The Morgan fingerprint density at radius 1 is 0.800 bits per heavy atom. The van der Waals surface area contributed by atoms with Crippen molar-refractivity contribution in [3.05, 3.63) is 0 Å². The molecule has 0 aliphatic carbocycles. The average Bonchev–Trinajstić information content (AvgIpc) is 0.722. The fraction of sp³-hybridized carbons (Fsp3) is 0. The predicted octanol–water partition coefficient (Wildman–Crippen LogP) is -4.23. The molecule has 0 bridgehead atoms. The van der Waals surface area contributed by atoms with Crippen LogP contribution in [0.5, 0.6) is 0 Å². The van der Waals surface area contributed by atoms with Gasteiger partial charge in [-0.25, -0.2) is 4.57 Å². The SMILES string of the molecule is O.O.O.O.O=P(O)(O)O.[Cu]. The van der Waals surface area contributed by atoms with Gasteiger partial charge in [0.2, 0.25) is 0 Å². The Bertz CT molecular complexity index is 55.4. The molecule has 0 aromatic heterocycles. The summed E-state index contributed by atoms with van der Waals surface area (Å²) in [5, 5.41) is 0. The Hall–Kier alpha value is 0.469. The number of hydrogen-bond acceptors (Lipinski definition) is 1. The van der Waals surface area contributed by atoms with Crippen LogP contribution in [0.3, 0.4) is 0 Å². The van der Waals surface area contributed by atoms with Crippen molar-refractivity contribution in [3.63, 3.8) is 0 Å². The molecule has 10 heteroatoms. The zero-order valence-corrected chi connectivity index (χ0v) is 6.33. The van der Waals surface area contributed by atoms with Crippen LogP contribution in [0.4, 0.5) is 0 Å². The molecule has 0 rings (SSSR count). The van der Waals surface area contributed by atoms with E-state index < -0.39 is 7.82 Å². The van der Waals surface area contributed by atoms with Gasteiger partial charge in [-0.2, -0.15) is 0 Å². The average molecular weight is 234 g/mol. The van der Waals surface area contributed by atoms with Crippen LogP contribution in [0.1, 0.15) is 0 Å². The van der Waals surface area contributed by atoms with Crippen molar-refractivity contribution in [2.45, 2.75) is 0 Å². The van der Waals surface area contributed by atoms with Crippen LogP contribution in [-0.2, 0) is 21.6 Å². The first kappa shape index (κ1) is 47.0. The third kappa shape index (κ3) is 2140. The first-order valence-corrected chi connectivity index (χ1v) is 2.35. The van der Waals surface area contributed by atoms with Gasteiger partial charge in [0.05, 0.1) is 0 Å². The molecule has 0 unspecified atom stereocenters. The Morgan fingerprint density at radius 3 is 0.800 bits per heavy atom. The van der Waals surface area contributed by atoms with E-state index in [4.69, 9.17) is 19.2 Å². The van der Waals surface area contributed by atoms with Gasteiger partial charge in [-0.3, -0.25) is 0 Å². The van der Waals surface area contributed by atoms with Gasteiger partial charge < -0.3 is 36.6 Å². The number of rotatable bonds is 0. The number of hydrogen-bond donors (Lipinski definition) is 3. The summed E-state index contributed by atoms with van der Waals surface area (Å²) >= 11 is 0. The summed E-state index contributed by atoms with van der Waals surface area (Å²) < 4.78 is 8.88. The smallest absolute Gasteiger partial charge is 0.412 e. The topological polar surface area (TPSA) is 204 Å². The summed E-state index contributed by atoms with van der Waals surface area (Å²) in [7, 11) is -4.64. The Morgan fingerprint density at radius 2 is 0.800 bits per heavy atom. The molecule has 0 aliphatic rings. The Kier molecular flexibility index (Phi) is 76.3. The first-order valence-electron chi connectivity index (χ1n) is 0.783. The molecule has 0 saturated heterocycles. The third-order valence-corrected chi connectivity index (χ3v) is 0. The molecule has 10 heavy (non-hydrogen) atoms. The van der Waals surface area contributed by atoms with Crippen LogP contribution in [0, 0.1) is 0 Å². The summed E-state index contributed by atoms with van der Waals surface area (Å²) in [4.78, 5) is 21.6. The van der Waals surface area contributed by atoms with Gasteiger partial charge in [-0.15, -0.1) is 0 Å². The quantitative estimate of drug-likeness (QED) is 0.281. The standard InChI is InChI=1S/Cu.H3O4P.4H2O/c;1-5(2,3)4;;;;/h;(H3,1,2,3,4);4*1H2. The van der Waals surface area contributed by atoms with Crippen molar-refractivity contribution in [1.29, 1.82) is 0 Å². The molecule has 75 valence electrons. The second-order valence-electron chi connectivity index (χ2n) is 0.513. The fourth-order valence-corrected chi connectivity index (χ4v) is 0. The summed E-state index contributed by atoms with van der Waals surface area (Å²) in [6, 6.07) is 0. The molecule has 0 aromatic carbocycles. The van der Waals surface area contributed by atoms with E-state index in [9.17, 15) is 0 Å². The van der Waals surface area contributed by atoms with E-state index in [1.54, 1.807) is 0 Å². The van der Waals surface area contributed by atoms with Gasteiger partial charge in [-0.05, 0) is 0 Å². The predicted molar refractivity (Wildman–Crippen MR) is 28.7 cm³/mol. The van der Waals surface area contributed by atoms with Gasteiger partial charge in [0, 0.05) is 17.1 Å². The molecule has 8 nitrogen and oxygen atoms in total. The van der Waals surface area contributed by atoms with Crippen molar-refractivity contribution in [2.24, 2.45) is 0 Å². The van der Waals surface area contributed by atoms with Crippen LogP contribution < -0.4 is 0 Å². The van der Waals surface area contributed by atoms with Crippen LogP contribution in [0.25, 0.3) is 0 Å². The van der Waals surface area contributed by atoms with E-state index in [-0.39, 0.29) is 39.0 Å². The minimum Gasteiger partial charge on any atom is -0.412 e. The molecule has 11 N–H and O–H groups in total. The van der Waals surface area contributed by atoms with Gasteiger partial charge in [0.15, 0.2) is 0 Å². The number of phosphoric acid groups is 1. The minimum absolute atomic E-state index is 0. The molecule has 0 saturated carbocycles. The van der Waals surface area contributed by atoms with Gasteiger partial charge in [-0.1, -0.05) is 0 Å². The third-order valence-electron chi connectivity index (χ3n) is 0. The van der Waals surface area contributed by atoms with Crippen LogP contribution in [0.15, 0.2) is 0 Å². The molecule has 0 fully saturated rings. The van der Waals surface area contributed by atoms with E-state index >= 15 is 0 Å². The molecule has 0 aliphatic heterocycles. The molecule has 0 atom stereocenters. The molecular weight excluding hydrogens is 223 g/mol. The van der Waals surface area contributed by atoms with Crippen molar-refractivity contribution in [2.75, 3.05) is 0 Å². The van der Waals surface area contributed by atoms with E-state index in [0.717, 1.165) is 0 Å². The maximum atomic E-state index is 8.88. The molecule has 0 amide bonds. The molecule has 1 radical (unpaired) electrons. The van der Waals surface area contributed by atoms with E-state index in [1.807, 2.05) is 0 Å². The van der Waals surface area contributed by atoms with Crippen molar-refractivity contribution in [3.8, 4) is 0 Å². The molecular formula is H11CuO8P. The summed E-state index contributed by atoms with van der Waals surface area (Å²) in [5.41, 5.74) is 0. The van der Waals surface area contributed by atoms with Crippen molar-refractivity contribution in [1.82, 2.24) is 0 Å². The molecule has 0 aromatic rings. The van der Waals surface area contributed by atoms with Gasteiger partial charge in [0.1, 0.15) is 0 Å². The Labute approximate surface area is 66.8 Å². The van der Waals surface area contributed by atoms with Crippen LogP contribution in [-0.4, -0.2) is 36.6 Å². The minimum atomic E-state index is -4.64. The zero-order valence-electron chi connectivity index (χ0n) is 4.50. The second-order valence-corrected chi connectivity index (χ2v) is 1.54. The molecule has 0 heterocycles. The van der Waals surface area contributed by atoms with E-state index in [0.29, 0.717) is 0 Å². The van der Waals surface area contributed by atoms with Crippen molar-refractivity contribution < 1.29 is 58.2 Å². The summed E-state index contributed by atoms with van der Waals surface area (Å²) in [5.74, 6) is 0. The summed E-state index contributed by atoms with van der Waals surface area (Å²) in [6.07, 6.45) is 0. The first-order chi connectivity index (χ1) is 2.00. The van der Waals surface area contributed by atoms with Crippen LogP contribution >= 0.6 is 7.82 Å². The van der Waals surface area contributed by atoms with Gasteiger partial charge >= 0.3 is 7.82 Å². The van der Waals surface area contributed by atoms with E-state index in [1.165, 1.54) is 0 Å². The van der Waals surface area contributed by atoms with Crippen LogP contribution in [0.2, 0.25) is 0 Å².